The molecular formula is C12H17FN2O. The average molecular weight is 224 g/mol. The first-order chi connectivity index (χ1) is 7.74. The van der Waals surface area contributed by atoms with Crippen LogP contribution in [0, 0.1) is 11.7 Å². The summed E-state index contributed by atoms with van der Waals surface area (Å²) < 4.78 is 18.2. The molecule has 1 aliphatic rings. The number of nitrogens with zero attached hydrogens (tertiary/aromatic N) is 1. The maximum Gasteiger partial charge on any atom is 0.145 e. The van der Waals surface area contributed by atoms with Gasteiger partial charge in [-0.15, -0.1) is 0 Å². The van der Waals surface area contributed by atoms with Crippen molar-refractivity contribution in [2.45, 2.75) is 6.42 Å². The van der Waals surface area contributed by atoms with Gasteiger partial charge in [0.15, 0.2) is 0 Å². The summed E-state index contributed by atoms with van der Waals surface area (Å²) in [6.45, 7) is 2.60. The second-order valence-corrected chi connectivity index (χ2v) is 4.15. The topological polar surface area (TPSA) is 38.5 Å². The molecule has 0 saturated carbocycles. The van der Waals surface area contributed by atoms with E-state index in [-0.39, 0.29) is 5.82 Å². The molecule has 1 aromatic carbocycles. The van der Waals surface area contributed by atoms with E-state index >= 15 is 0 Å². The van der Waals surface area contributed by atoms with Crippen LogP contribution in [-0.2, 0) is 0 Å². The van der Waals surface area contributed by atoms with E-state index in [2.05, 4.69) is 4.90 Å². The van der Waals surface area contributed by atoms with Crippen LogP contribution in [0.2, 0.25) is 0 Å². The Bertz CT molecular complexity index is 370. The Hall–Kier alpha value is -1.29. The molecule has 1 heterocycles. The lowest BCUT2D eigenvalue weighted by Crippen LogP contribution is -2.23. The molecule has 0 spiro atoms. The van der Waals surface area contributed by atoms with E-state index in [0.29, 0.717) is 18.2 Å². The van der Waals surface area contributed by atoms with Crippen molar-refractivity contribution in [2.75, 3.05) is 31.6 Å². The number of hydrogen-bond donors (Lipinski definition) is 1. The molecule has 4 heteroatoms. The third-order valence-corrected chi connectivity index (χ3v) is 3.10. The molecule has 1 atom stereocenters. The fraction of sp³-hybridized carbons (Fsp3) is 0.500. The molecule has 0 radical (unpaired) electrons. The molecule has 1 fully saturated rings. The van der Waals surface area contributed by atoms with Crippen LogP contribution in [0.5, 0.6) is 5.75 Å². The molecular weight excluding hydrogens is 207 g/mol. The normalized spacial score (nSPS) is 20.2. The number of hydrogen-bond acceptors (Lipinski definition) is 3. The zero-order valence-electron chi connectivity index (χ0n) is 9.45. The average Bonchev–Trinajstić information content (AvgIpc) is 2.77. The molecule has 0 amide bonds. The van der Waals surface area contributed by atoms with Gasteiger partial charge < -0.3 is 15.4 Å². The molecule has 0 aliphatic carbocycles. The van der Waals surface area contributed by atoms with E-state index in [0.717, 1.165) is 25.2 Å². The maximum atomic E-state index is 13.0. The molecule has 2 rings (SSSR count). The van der Waals surface area contributed by atoms with E-state index in [4.69, 9.17) is 10.5 Å². The molecule has 88 valence electrons. The summed E-state index contributed by atoms with van der Waals surface area (Å²) in [7, 11) is 1.56. The lowest BCUT2D eigenvalue weighted by molar-refractivity contribution is 0.411. The zero-order chi connectivity index (χ0) is 11.5. The highest BCUT2D eigenvalue weighted by Crippen LogP contribution is 2.32. The second kappa shape index (κ2) is 4.70. The van der Waals surface area contributed by atoms with Gasteiger partial charge in [0.05, 0.1) is 12.8 Å². The molecule has 2 N–H and O–H groups in total. The summed E-state index contributed by atoms with van der Waals surface area (Å²) in [5, 5.41) is 0. The van der Waals surface area contributed by atoms with Crippen LogP contribution in [0.1, 0.15) is 6.42 Å². The van der Waals surface area contributed by atoms with Crippen molar-refractivity contribution in [3.63, 3.8) is 0 Å². The van der Waals surface area contributed by atoms with Gasteiger partial charge in [0, 0.05) is 19.2 Å². The molecule has 0 bridgehead atoms. The van der Waals surface area contributed by atoms with Crippen molar-refractivity contribution in [1.29, 1.82) is 0 Å². The predicted molar refractivity (Wildman–Crippen MR) is 62.3 cm³/mol. The lowest BCUT2D eigenvalue weighted by atomic mass is 10.1. The number of methoxy groups -OCH3 is 1. The Morgan fingerprint density at radius 1 is 1.56 bits per heavy atom. The van der Waals surface area contributed by atoms with Crippen LogP contribution in [0.3, 0.4) is 0 Å². The summed E-state index contributed by atoms with van der Waals surface area (Å²) in [6.07, 6.45) is 1.09. The minimum Gasteiger partial charge on any atom is -0.494 e. The Kier molecular flexibility index (Phi) is 3.29. The van der Waals surface area contributed by atoms with Gasteiger partial charge in [-0.05, 0) is 31.0 Å². The van der Waals surface area contributed by atoms with E-state index in [9.17, 15) is 4.39 Å². The van der Waals surface area contributed by atoms with Gasteiger partial charge in [-0.3, -0.25) is 0 Å². The smallest absolute Gasteiger partial charge is 0.145 e. The number of rotatable bonds is 3. The first-order valence-corrected chi connectivity index (χ1v) is 5.53. The Balaban J connectivity index is 2.20. The first-order valence-electron chi connectivity index (χ1n) is 5.53. The highest BCUT2D eigenvalue weighted by molar-refractivity contribution is 5.59. The van der Waals surface area contributed by atoms with E-state index in [1.807, 2.05) is 0 Å². The Labute approximate surface area is 95.0 Å². The SMILES string of the molecule is COc1cc(F)ccc1N1CCC(CN)C1. The molecule has 16 heavy (non-hydrogen) atoms. The monoisotopic (exact) mass is 224 g/mol. The third-order valence-electron chi connectivity index (χ3n) is 3.10. The molecule has 1 aromatic rings. The number of anilines is 1. The van der Waals surface area contributed by atoms with Crippen molar-refractivity contribution < 1.29 is 9.13 Å². The fourth-order valence-corrected chi connectivity index (χ4v) is 2.16. The Morgan fingerprint density at radius 2 is 2.38 bits per heavy atom. The number of ether oxygens (including phenoxy) is 1. The standard InChI is InChI=1S/C12H17FN2O/c1-16-12-6-10(13)2-3-11(12)15-5-4-9(7-14)8-15/h2-3,6,9H,4-5,7-8,14H2,1H3. The number of nitrogens with two attached hydrogens (primary N) is 1. The van der Waals surface area contributed by atoms with E-state index in [1.165, 1.54) is 12.1 Å². The summed E-state index contributed by atoms with van der Waals surface area (Å²) in [4.78, 5) is 2.20. The van der Waals surface area contributed by atoms with Crippen LogP contribution in [0.4, 0.5) is 10.1 Å². The summed E-state index contributed by atoms with van der Waals surface area (Å²) >= 11 is 0. The quantitative estimate of drug-likeness (QED) is 0.848. The van der Waals surface area contributed by atoms with Gasteiger partial charge in [-0.2, -0.15) is 0 Å². The van der Waals surface area contributed by atoms with Gasteiger partial charge in [0.1, 0.15) is 11.6 Å². The maximum absolute atomic E-state index is 13.0. The zero-order valence-corrected chi connectivity index (χ0v) is 9.45. The van der Waals surface area contributed by atoms with Gasteiger partial charge in [0.2, 0.25) is 0 Å². The summed E-state index contributed by atoms with van der Waals surface area (Å²) in [6, 6.07) is 4.66. The molecule has 1 aliphatic heterocycles. The number of benzene rings is 1. The molecule has 3 nitrogen and oxygen atoms in total. The first kappa shape index (κ1) is 11.2. The molecule has 1 saturated heterocycles. The van der Waals surface area contributed by atoms with E-state index < -0.39 is 0 Å². The van der Waals surface area contributed by atoms with Gasteiger partial charge in [-0.1, -0.05) is 0 Å². The minimum absolute atomic E-state index is 0.268. The van der Waals surface area contributed by atoms with Crippen molar-refractivity contribution in [1.82, 2.24) is 0 Å². The van der Waals surface area contributed by atoms with Gasteiger partial charge >= 0.3 is 0 Å². The second-order valence-electron chi connectivity index (χ2n) is 4.15. The fourth-order valence-electron chi connectivity index (χ4n) is 2.16. The summed E-state index contributed by atoms with van der Waals surface area (Å²) in [5.41, 5.74) is 6.61. The largest absolute Gasteiger partial charge is 0.494 e. The van der Waals surface area contributed by atoms with Crippen LogP contribution < -0.4 is 15.4 Å². The van der Waals surface area contributed by atoms with Crippen molar-refractivity contribution in [2.24, 2.45) is 11.7 Å². The summed E-state index contributed by atoms with van der Waals surface area (Å²) in [5.74, 6) is 0.864. The molecule has 1 unspecified atom stereocenters. The highest BCUT2D eigenvalue weighted by atomic mass is 19.1. The molecule has 0 aromatic heterocycles. The number of halogens is 1. The highest BCUT2D eigenvalue weighted by Gasteiger charge is 2.23. The van der Waals surface area contributed by atoms with Crippen LogP contribution in [-0.4, -0.2) is 26.7 Å². The third kappa shape index (κ3) is 2.11. The Morgan fingerprint density at radius 3 is 3.00 bits per heavy atom. The van der Waals surface area contributed by atoms with Crippen LogP contribution in [0.15, 0.2) is 18.2 Å². The van der Waals surface area contributed by atoms with Gasteiger partial charge in [-0.25, -0.2) is 4.39 Å². The minimum atomic E-state index is -0.268. The van der Waals surface area contributed by atoms with Crippen LogP contribution in [0.25, 0.3) is 0 Å². The van der Waals surface area contributed by atoms with Crippen LogP contribution >= 0.6 is 0 Å². The van der Waals surface area contributed by atoms with Gasteiger partial charge in [0.25, 0.3) is 0 Å². The van der Waals surface area contributed by atoms with E-state index in [1.54, 1.807) is 13.2 Å². The van der Waals surface area contributed by atoms with Crippen molar-refractivity contribution in [3.8, 4) is 5.75 Å². The predicted octanol–water partition coefficient (Wildman–Crippen LogP) is 1.62. The van der Waals surface area contributed by atoms with Crippen molar-refractivity contribution >= 4 is 5.69 Å². The lowest BCUT2D eigenvalue weighted by Gasteiger charge is -2.21. The van der Waals surface area contributed by atoms with Crippen molar-refractivity contribution in [3.05, 3.63) is 24.0 Å².